The minimum Gasteiger partial charge on any atom is -0.396 e. The molecule has 0 aliphatic carbocycles. The highest BCUT2D eigenvalue weighted by Crippen LogP contribution is 2.17. The van der Waals surface area contributed by atoms with Gasteiger partial charge in [-0.25, -0.2) is 8.78 Å². The number of rotatable bonds is 1. The molecule has 0 spiro atoms. The molecule has 0 amide bonds. The van der Waals surface area contributed by atoms with E-state index in [-0.39, 0.29) is 11.3 Å². The Bertz CT molecular complexity index is 693. The predicted molar refractivity (Wildman–Crippen MR) is 73.7 cm³/mol. The Kier molecular flexibility index (Phi) is 3.71. The van der Waals surface area contributed by atoms with E-state index in [1.165, 1.54) is 0 Å². The zero-order valence-corrected chi connectivity index (χ0v) is 10.4. The molecule has 0 saturated heterocycles. The van der Waals surface area contributed by atoms with Gasteiger partial charge >= 0.3 is 0 Å². The van der Waals surface area contributed by atoms with Crippen molar-refractivity contribution in [3.05, 3.63) is 52.4 Å². The van der Waals surface area contributed by atoms with Crippen LogP contribution in [0.5, 0.6) is 0 Å². The van der Waals surface area contributed by atoms with Crippen molar-refractivity contribution in [3.63, 3.8) is 0 Å². The van der Waals surface area contributed by atoms with Gasteiger partial charge in [0.05, 0.1) is 11.3 Å². The molecule has 0 radical (unpaired) electrons. The molecule has 0 saturated carbocycles. The number of hydrogen-bond donors (Lipinski definition) is 4. The van der Waals surface area contributed by atoms with Crippen LogP contribution in [-0.4, -0.2) is 12.8 Å². The second kappa shape index (κ2) is 5.45. The fourth-order valence-electron chi connectivity index (χ4n) is 1.63. The third-order valence-electron chi connectivity index (χ3n) is 2.73. The number of benzene rings is 1. The average molecular weight is 274 g/mol. The van der Waals surface area contributed by atoms with Crippen LogP contribution in [-0.2, 0) is 0 Å². The van der Waals surface area contributed by atoms with Gasteiger partial charge in [0.15, 0.2) is 5.82 Å². The molecule has 1 aliphatic heterocycles. The first-order valence-electron chi connectivity index (χ1n) is 5.73. The second-order valence-corrected chi connectivity index (χ2v) is 4.11. The maximum Gasteiger partial charge on any atom is 0.164 e. The summed E-state index contributed by atoms with van der Waals surface area (Å²) in [6, 6.07) is 2.21. The summed E-state index contributed by atoms with van der Waals surface area (Å²) in [7, 11) is 0. The van der Waals surface area contributed by atoms with Gasteiger partial charge in [0.1, 0.15) is 11.6 Å². The number of nitrogens with one attached hydrogen (secondary N) is 2. The van der Waals surface area contributed by atoms with Crippen LogP contribution in [0.15, 0.2) is 35.2 Å². The normalized spacial score (nSPS) is 14.0. The van der Waals surface area contributed by atoms with Crippen LogP contribution in [0.4, 0.5) is 14.5 Å². The van der Waals surface area contributed by atoms with Gasteiger partial charge in [-0.1, -0.05) is 11.8 Å². The smallest absolute Gasteiger partial charge is 0.164 e. The zero-order chi connectivity index (χ0) is 14.7. The maximum absolute atomic E-state index is 13.7. The first kappa shape index (κ1) is 13.6. The van der Waals surface area contributed by atoms with Crippen molar-refractivity contribution in [3.8, 4) is 11.8 Å². The van der Waals surface area contributed by atoms with Crippen LogP contribution in [0.3, 0.4) is 0 Å². The Labute approximate surface area is 114 Å². The molecular formula is C14H12F2N4. The molecule has 6 heteroatoms. The molecule has 1 heterocycles. The quantitative estimate of drug-likeness (QED) is 0.353. The third-order valence-corrected chi connectivity index (χ3v) is 2.73. The lowest BCUT2D eigenvalue weighted by Crippen LogP contribution is -2.27. The van der Waals surface area contributed by atoms with E-state index in [1.54, 1.807) is 6.08 Å². The van der Waals surface area contributed by atoms with Crippen molar-refractivity contribution < 1.29 is 8.78 Å². The Morgan fingerprint density at radius 2 is 2.00 bits per heavy atom. The Hall–Kier alpha value is -2.81. The molecule has 1 aromatic rings. The number of dihydropyridines is 1. The van der Waals surface area contributed by atoms with Crippen LogP contribution >= 0.6 is 0 Å². The monoisotopic (exact) mass is 274 g/mol. The fourth-order valence-corrected chi connectivity index (χ4v) is 1.63. The standard InChI is InChI=1S/C14H12F2N4/c15-11-3-4-12(18)13(16)10(11)2-1-8-5-9(6-17)14(19)20-7-8/h3-6,17,20H,7,18-19H2. The molecule has 2 rings (SSSR count). The highest BCUT2D eigenvalue weighted by atomic mass is 19.1. The van der Waals surface area contributed by atoms with E-state index in [2.05, 4.69) is 17.2 Å². The molecular weight excluding hydrogens is 262 g/mol. The van der Waals surface area contributed by atoms with E-state index in [4.69, 9.17) is 16.9 Å². The first-order valence-corrected chi connectivity index (χ1v) is 5.73. The molecule has 0 bridgehead atoms. The Balaban J connectivity index is 2.38. The van der Waals surface area contributed by atoms with Gasteiger partial charge in [-0.15, -0.1) is 0 Å². The van der Waals surface area contributed by atoms with Crippen LogP contribution in [0, 0.1) is 28.9 Å². The van der Waals surface area contributed by atoms with Crippen molar-refractivity contribution in [1.29, 1.82) is 5.41 Å². The van der Waals surface area contributed by atoms with Gasteiger partial charge < -0.3 is 22.2 Å². The van der Waals surface area contributed by atoms with Gasteiger partial charge in [0.2, 0.25) is 0 Å². The van der Waals surface area contributed by atoms with Crippen molar-refractivity contribution in [1.82, 2.24) is 5.32 Å². The predicted octanol–water partition coefficient (Wildman–Crippen LogP) is 1.25. The summed E-state index contributed by atoms with van der Waals surface area (Å²) in [5.74, 6) is 3.80. The number of nitrogens with two attached hydrogens (primary N) is 2. The summed E-state index contributed by atoms with van der Waals surface area (Å²) in [5, 5.41) is 10.0. The van der Waals surface area contributed by atoms with Gasteiger partial charge in [0.25, 0.3) is 0 Å². The topological polar surface area (TPSA) is 87.9 Å². The summed E-state index contributed by atoms with van der Waals surface area (Å²) < 4.78 is 27.1. The molecule has 1 aliphatic rings. The molecule has 102 valence electrons. The van der Waals surface area contributed by atoms with E-state index in [9.17, 15) is 8.78 Å². The SMILES string of the molecule is N=CC1=C(N)NCC(C#Cc2c(F)ccc(N)c2F)=C1. The number of halogens is 2. The van der Waals surface area contributed by atoms with Crippen molar-refractivity contribution in [2.24, 2.45) is 5.73 Å². The summed E-state index contributed by atoms with van der Waals surface area (Å²) >= 11 is 0. The molecule has 0 unspecified atom stereocenters. The van der Waals surface area contributed by atoms with Gasteiger partial charge in [-0.2, -0.15) is 0 Å². The first-order chi connectivity index (χ1) is 9.52. The number of nitrogen functional groups attached to an aromatic ring is 1. The minimum absolute atomic E-state index is 0.157. The highest BCUT2D eigenvalue weighted by molar-refractivity contribution is 5.82. The van der Waals surface area contributed by atoms with Crippen LogP contribution in [0.25, 0.3) is 0 Å². The summed E-state index contributed by atoms with van der Waals surface area (Å²) in [6.07, 6.45) is 2.67. The largest absolute Gasteiger partial charge is 0.396 e. The maximum atomic E-state index is 13.7. The summed E-state index contributed by atoms with van der Waals surface area (Å²) in [6.45, 7) is 0.335. The van der Waals surface area contributed by atoms with Crippen LogP contribution in [0.1, 0.15) is 5.56 Å². The average Bonchev–Trinajstić information content (AvgIpc) is 2.44. The Morgan fingerprint density at radius 3 is 2.70 bits per heavy atom. The molecule has 4 nitrogen and oxygen atoms in total. The van der Waals surface area contributed by atoms with Crippen LogP contribution in [0.2, 0.25) is 0 Å². The molecule has 1 aromatic carbocycles. The molecule has 0 fully saturated rings. The van der Waals surface area contributed by atoms with E-state index in [0.717, 1.165) is 18.3 Å². The zero-order valence-electron chi connectivity index (χ0n) is 10.4. The van der Waals surface area contributed by atoms with Crippen molar-refractivity contribution in [2.45, 2.75) is 0 Å². The number of allylic oxidation sites excluding steroid dienone is 2. The summed E-state index contributed by atoms with van der Waals surface area (Å²) in [5.41, 5.74) is 11.5. The second-order valence-electron chi connectivity index (χ2n) is 4.11. The Morgan fingerprint density at radius 1 is 1.25 bits per heavy atom. The third kappa shape index (κ3) is 2.62. The van der Waals surface area contributed by atoms with Crippen molar-refractivity contribution >= 4 is 11.9 Å². The molecule has 6 N–H and O–H groups in total. The number of anilines is 1. The van der Waals surface area contributed by atoms with E-state index < -0.39 is 11.6 Å². The molecule has 0 aromatic heterocycles. The number of hydrogen-bond acceptors (Lipinski definition) is 4. The lowest BCUT2D eigenvalue weighted by molar-refractivity contribution is 0.580. The van der Waals surface area contributed by atoms with Gasteiger partial charge in [-0.05, 0) is 18.2 Å². The fraction of sp³-hybridized carbons (Fsp3) is 0.0714. The lowest BCUT2D eigenvalue weighted by atomic mass is 10.1. The highest BCUT2D eigenvalue weighted by Gasteiger charge is 2.10. The molecule has 0 atom stereocenters. The van der Waals surface area contributed by atoms with Crippen LogP contribution < -0.4 is 16.8 Å². The minimum atomic E-state index is -0.871. The van der Waals surface area contributed by atoms with E-state index in [1.807, 2.05) is 0 Å². The van der Waals surface area contributed by atoms with Gasteiger partial charge in [-0.3, -0.25) is 0 Å². The van der Waals surface area contributed by atoms with E-state index in [0.29, 0.717) is 23.5 Å². The summed E-state index contributed by atoms with van der Waals surface area (Å²) in [4.78, 5) is 0. The molecule has 20 heavy (non-hydrogen) atoms. The lowest BCUT2D eigenvalue weighted by Gasteiger charge is -2.13. The van der Waals surface area contributed by atoms with E-state index >= 15 is 0 Å². The van der Waals surface area contributed by atoms with Crippen molar-refractivity contribution in [2.75, 3.05) is 12.3 Å². The van der Waals surface area contributed by atoms with Gasteiger partial charge in [0, 0.05) is 23.9 Å².